The first-order chi connectivity index (χ1) is 8.58. The summed E-state index contributed by atoms with van der Waals surface area (Å²) in [6.45, 7) is 0.944. The van der Waals surface area contributed by atoms with Crippen LogP contribution in [0, 0.1) is 0 Å². The molecule has 1 aliphatic heterocycles. The van der Waals surface area contributed by atoms with E-state index in [4.69, 9.17) is 20.9 Å². The van der Waals surface area contributed by atoms with Crippen LogP contribution >= 0.6 is 0 Å². The summed E-state index contributed by atoms with van der Waals surface area (Å²) in [4.78, 5) is 10.7. The maximum Gasteiger partial charge on any atom is 0.248 e. The molecule has 98 valence electrons. The Labute approximate surface area is 104 Å². The summed E-state index contributed by atoms with van der Waals surface area (Å²) >= 11 is 0. The zero-order chi connectivity index (χ0) is 13.1. The van der Waals surface area contributed by atoms with Gasteiger partial charge < -0.3 is 31.4 Å². The number of rotatable bonds is 4. The first-order valence-electron chi connectivity index (χ1n) is 5.48. The number of ether oxygens (including phenoxy) is 2. The summed E-state index contributed by atoms with van der Waals surface area (Å²) in [5, 5.41) is 12.1. The van der Waals surface area contributed by atoms with E-state index in [9.17, 15) is 9.90 Å². The number of nitrogens with two attached hydrogens (primary N) is 2. The minimum atomic E-state index is -1.27. The average molecular weight is 253 g/mol. The van der Waals surface area contributed by atoms with E-state index in [1.807, 2.05) is 0 Å². The highest BCUT2D eigenvalue weighted by Gasteiger charge is 2.16. The van der Waals surface area contributed by atoms with E-state index in [2.05, 4.69) is 5.32 Å². The van der Waals surface area contributed by atoms with E-state index in [1.54, 1.807) is 12.1 Å². The van der Waals surface area contributed by atoms with Crippen molar-refractivity contribution in [3.8, 4) is 11.5 Å². The van der Waals surface area contributed by atoms with E-state index in [1.165, 1.54) is 0 Å². The number of amides is 1. The van der Waals surface area contributed by atoms with Crippen LogP contribution in [0.25, 0.3) is 0 Å². The number of hydrogen-bond acceptors (Lipinski definition) is 6. The lowest BCUT2D eigenvalue weighted by Crippen LogP contribution is -2.34. The maximum atomic E-state index is 10.7. The molecule has 18 heavy (non-hydrogen) atoms. The molecule has 1 atom stereocenters. The number of hydrogen-bond donors (Lipinski definition) is 4. The van der Waals surface area contributed by atoms with Crippen LogP contribution in [0.1, 0.15) is 0 Å². The molecule has 7 heteroatoms. The average Bonchev–Trinajstić information content (AvgIpc) is 2.35. The molecular formula is C11H15N3O4. The smallest absolute Gasteiger partial charge is 0.248 e. The largest absolute Gasteiger partial charge is 0.486 e. The number of carbonyl (C=O) groups is 1. The highest BCUT2D eigenvalue weighted by atomic mass is 16.6. The van der Waals surface area contributed by atoms with Crippen molar-refractivity contribution in [2.45, 2.75) is 6.10 Å². The fraction of sp³-hybridized carbons (Fsp3) is 0.364. The summed E-state index contributed by atoms with van der Waals surface area (Å²) in [6, 6.07) is 3.30. The van der Waals surface area contributed by atoms with Crippen LogP contribution in [0.3, 0.4) is 0 Å². The molecule has 1 aliphatic rings. The predicted molar refractivity (Wildman–Crippen MR) is 65.5 cm³/mol. The topological polar surface area (TPSA) is 120 Å². The summed E-state index contributed by atoms with van der Waals surface area (Å²) in [5.41, 5.74) is 11.8. The van der Waals surface area contributed by atoms with E-state index in [-0.39, 0.29) is 6.54 Å². The molecule has 1 aromatic carbocycles. The van der Waals surface area contributed by atoms with Crippen LogP contribution in [-0.4, -0.2) is 36.9 Å². The highest BCUT2D eigenvalue weighted by molar-refractivity contribution is 5.80. The van der Waals surface area contributed by atoms with Gasteiger partial charge in [-0.1, -0.05) is 0 Å². The SMILES string of the molecule is NC(=O)C(O)CNc1cc2c(cc1N)OCCO2. The molecule has 0 aliphatic carbocycles. The first-order valence-corrected chi connectivity index (χ1v) is 5.48. The Kier molecular flexibility index (Phi) is 3.42. The molecule has 2 rings (SSSR count). The first kappa shape index (κ1) is 12.3. The lowest BCUT2D eigenvalue weighted by molar-refractivity contribution is -0.125. The molecule has 0 spiro atoms. The van der Waals surface area contributed by atoms with Gasteiger partial charge in [0, 0.05) is 18.7 Å². The Morgan fingerprint density at radius 1 is 1.39 bits per heavy atom. The number of anilines is 2. The van der Waals surface area contributed by atoms with Crippen molar-refractivity contribution >= 4 is 17.3 Å². The molecule has 0 saturated carbocycles. The third-order valence-electron chi connectivity index (χ3n) is 2.53. The van der Waals surface area contributed by atoms with Gasteiger partial charge in [0.15, 0.2) is 11.5 Å². The molecule has 1 unspecified atom stereocenters. The summed E-state index contributed by atoms with van der Waals surface area (Å²) in [7, 11) is 0. The number of aliphatic hydroxyl groups is 1. The molecule has 7 nitrogen and oxygen atoms in total. The van der Waals surface area contributed by atoms with Crippen LogP contribution in [0.4, 0.5) is 11.4 Å². The van der Waals surface area contributed by atoms with Gasteiger partial charge in [-0.05, 0) is 0 Å². The standard InChI is InChI=1S/C11H15N3O4/c12-6-3-9-10(18-2-1-17-9)4-7(6)14-5-8(15)11(13)16/h3-4,8,14-15H,1-2,5,12H2,(H2,13,16). The maximum absolute atomic E-state index is 10.7. The Balaban J connectivity index is 2.11. The van der Waals surface area contributed by atoms with E-state index < -0.39 is 12.0 Å². The van der Waals surface area contributed by atoms with Crippen LogP contribution in [-0.2, 0) is 4.79 Å². The molecular weight excluding hydrogens is 238 g/mol. The highest BCUT2D eigenvalue weighted by Crippen LogP contribution is 2.36. The van der Waals surface area contributed by atoms with Crippen molar-refractivity contribution < 1.29 is 19.4 Å². The number of aliphatic hydroxyl groups excluding tert-OH is 1. The Hall–Kier alpha value is -2.15. The van der Waals surface area contributed by atoms with Crippen molar-refractivity contribution in [3.05, 3.63) is 12.1 Å². The number of carbonyl (C=O) groups excluding carboxylic acids is 1. The van der Waals surface area contributed by atoms with E-state index in [0.29, 0.717) is 36.1 Å². The van der Waals surface area contributed by atoms with E-state index >= 15 is 0 Å². The number of nitrogens with one attached hydrogen (secondary N) is 1. The van der Waals surface area contributed by atoms with Crippen LogP contribution < -0.4 is 26.3 Å². The Morgan fingerprint density at radius 3 is 2.61 bits per heavy atom. The normalized spacial score (nSPS) is 14.9. The second kappa shape index (κ2) is 5.01. The van der Waals surface area contributed by atoms with Gasteiger partial charge in [-0.3, -0.25) is 4.79 Å². The number of nitrogen functional groups attached to an aromatic ring is 1. The van der Waals surface area contributed by atoms with Crippen molar-refractivity contribution in [1.29, 1.82) is 0 Å². The minimum Gasteiger partial charge on any atom is -0.486 e. The number of fused-ring (bicyclic) bond motifs is 1. The molecule has 1 heterocycles. The molecule has 0 radical (unpaired) electrons. The van der Waals surface area contributed by atoms with Gasteiger partial charge in [-0.2, -0.15) is 0 Å². The zero-order valence-corrected chi connectivity index (χ0v) is 9.68. The van der Waals surface area contributed by atoms with Crippen molar-refractivity contribution in [3.63, 3.8) is 0 Å². The quantitative estimate of drug-likeness (QED) is 0.527. The summed E-state index contributed by atoms with van der Waals surface area (Å²) in [5.74, 6) is 0.366. The lowest BCUT2D eigenvalue weighted by Gasteiger charge is -2.21. The van der Waals surface area contributed by atoms with Gasteiger partial charge in [0.1, 0.15) is 19.3 Å². The van der Waals surface area contributed by atoms with E-state index in [0.717, 1.165) is 0 Å². The minimum absolute atomic E-state index is 0.0147. The summed E-state index contributed by atoms with van der Waals surface area (Å²) < 4.78 is 10.8. The Morgan fingerprint density at radius 2 is 2.00 bits per heavy atom. The van der Waals surface area contributed by atoms with Crippen LogP contribution in [0.2, 0.25) is 0 Å². The second-order valence-electron chi connectivity index (χ2n) is 3.88. The van der Waals surface area contributed by atoms with Crippen LogP contribution in [0.5, 0.6) is 11.5 Å². The fourth-order valence-electron chi connectivity index (χ4n) is 1.56. The molecule has 0 fully saturated rings. The predicted octanol–water partition coefficient (Wildman–Crippen LogP) is -0.702. The second-order valence-corrected chi connectivity index (χ2v) is 3.88. The zero-order valence-electron chi connectivity index (χ0n) is 9.68. The van der Waals surface area contributed by atoms with Gasteiger partial charge in [0.25, 0.3) is 0 Å². The molecule has 1 aromatic rings. The monoisotopic (exact) mass is 253 g/mol. The van der Waals surface area contributed by atoms with Gasteiger partial charge in [0.2, 0.25) is 5.91 Å². The summed E-state index contributed by atoms with van der Waals surface area (Å²) in [6.07, 6.45) is -1.27. The van der Waals surface area contributed by atoms with Crippen LogP contribution in [0.15, 0.2) is 12.1 Å². The molecule has 0 aromatic heterocycles. The lowest BCUT2D eigenvalue weighted by atomic mass is 10.2. The third kappa shape index (κ3) is 2.57. The van der Waals surface area contributed by atoms with Gasteiger partial charge >= 0.3 is 0 Å². The van der Waals surface area contributed by atoms with Gasteiger partial charge in [-0.15, -0.1) is 0 Å². The fourth-order valence-corrected chi connectivity index (χ4v) is 1.56. The van der Waals surface area contributed by atoms with Gasteiger partial charge in [0.05, 0.1) is 11.4 Å². The molecule has 0 saturated heterocycles. The third-order valence-corrected chi connectivity index (χ3v) is 2.53. The number of primary amides is 1. The van der Waals surface area contributed by atoms with Crippen molar-refractivity contribution in [2.24, 2.45) is 5.73 Å². The Bertz CT molecular complexity index is 464. The number of benzene rings is 1. The van der Waals surface area contributed by atoms with Crippen molar-refractivity contribution in [2.75, 3.05) is 30.8 Å². The van der Waals surface area contributed by atoms with Crippen molar-refractivity contribution in [1.82, 2.24) is 0 Å². The van der Waals surface area contributed by atoms with Gasteiger partial charge in [-0.25, -0.2) is 0 Å². The molecule has 0 bridgehead atoms. The molecule has 1 amide bonds. The molecule has 6 N–H and O–H groups in total.